The number of Topliss-reactive ketones (excluding diaryl/α,β-unsaturated/α-hetero) is 1. The Morgan fingerprint density at radius 1 is 0.913 bits per heavy atom. The van der Waals surface area contributed by atoms with Crippen molar-refractivity contribution in [3.63, 3.8) is 0 Å². The number of non-ortho nitro benzene ring substituents is 1. The molecule has 10 heteroatoms. The number of nitro benzene ring substituents is 1. The molecule has 6 rings (SSSR count). The molecule has 2 aliphatic rings. The Balaban J connectivity index is 1.59. The number of anilines is 1. The zero-order chi connectivity index (χ0) is 33.0. The molecular weight excluding hydrogens is 602 g/mol. The summed E-state index contributed by atoms with van der Waals surface area (Å²) in [6.45, 7) is 7.18. The van der Waals surface area contributed by atoms with Gasteiger partial charge in [-0.15, -0.1) is 0 Å². The van der Waals surface area contributed by atoms with E-state index in [2.05, 4.69) is 6.07 Å². The maximum atomic E-state index is 14.9. The molecule has 4 aromatic rings. The highest BCUT2D eigenvalue weighted by Gasteiger charge is 2.59. The summed E-state index contributed by atoms with van der Waals surface area (Å²) in [5, 5.41) is 11.5. The monoisotopic (exact) mass is 635 g/mol. The summed E-state index contributed by atoms with van der Waals surface area (Å²) in [5.41, 5.74) is 4.03. The van der Waals surface area contributed by atoms with E-state index in [1.165, 1.54) is 47.6 Å². The van der Waals surface area contributed by atoms with Crippen LogP contribution in [0.4, 0.5) is 11.4 Å². The number of carbonyl (C=O) groups excluding carboxylic acids is 2. The first-order chi connectivity index (χ1) is 21.8. The number of amides is 1. The van der Waals surface area contributed by atoms with Crippen LogP contribution >= 0.6 is 0 Å². The van der Waals surface area contributed by atoms with E-state index < -0.39 is 26.3 Å². The van der Waals surface area contributed by atoms with Crippen LogP contribution in [0.15, 0.2) is 102 Å². The summed E-state index contributed by atoms with van der Waals surface area (Å²) in [6.07, 6.45) is 1.60. The van der Waals surface area contributed by atoms with E-state index in [1.54, 1.807) is 29.2 Å². The normalized spacial score (nSPS) is 19.3. The zero-order valence-electron chi connectivity index (χ0n) is 25.9. The van der Waals surface area contributed by atoms with Crippen LogP contribution < -0.4 is 4.90 Å². The van der Waals surface area contributed by atoms with Crippen molar-refractivity contribution >= 4 is 38.8 Å². The third-order valence-corrected chi connectivity index (χ3v) is 10.7. The van der Waals surface area contributed by atoms with Gasteiger partial charge in [-0.1, -0.05) is 65.2 Å². The average Bonchev–Trinajstić information content (AvgIpc) is 3.23. The number of para-hydroxylation sites is 1. The van der Waals surface area contributed by atoms with Crippen molar-refractivity contribution in [2.75, 3.05) is 11.4 Å². The number of nitrogens with zero attached hydrogens (tertiary/aromatic N) is 3. The van der Waals surface area contributed by atoms with Crippen LogP contribution in [0.3, 0.4) is 0 Å². The number of rotatable bonds is 7. The Labute approximate surface area is 268 Å². The minimum Gasteiger partial charge on any atom is -0.307 e. The lowest BCUT2D eigenvalue weighted by atomic mass is 9.67. The van der Waals surface area contributed by atoms with Gasteiger partial charge in [0, 0.05) is 24.4 Å². The quantitative estimate of drug-likeness (QED) is 0.175. The molecule has 2 atom stereocenters. The van der Waals surface area contributed by atoms with E-state index in [1.807, 2.05) is 51.1 Å². The van der Waals surface area contributed by atoms with Crippen molar-refractivity contribution in [2.24, 2.45) is 5.92 Å². The van der Waals surface area contributed by atoms with E-state index >= 15 is 0 Å². The average molecular weight is 636 g/mol. The molecule has 2 heterocycles. The van der Waals surface area contributed by atoms with Gasteiger partial charge in [-0.3, -0.25) is 24.0 Å². The summed E-state index contributed by atoms with van der Waals surface area (Å²) in [4.78, 5) is 41.1. The van der Waals surface area contributed by atoms with Gasteiger partial charge in [-0.05, 0) is 80.8 Å². The summed E-state index contributed by atoms with van der Waals surface area (Å²) in [6, 6.07) is 25.3. The topological polar surface area (TPSA) is 118 Å². The Hall–Kier alpha value is -5.09. The molecular formula is C36H33N3O6S. The van der Waals surface area contributed by atoms with Gasteiger partial charge in [-0.25, -0.2) is 8.42 Å². The van der Waals surface area contributed by atoms with Gasteiger partial charge < -0.3 is 4.90 Å². The number of aryl methyl sites for hydroxylation is 3. The number of nitro groups is 1. The number of ketones is 1. The van der Waals surface area contributed by atoms with Gasteiger partial charge in [0.1, 0.15) is 11.2 Å². The Kier molecular flexibility index (Phi) is 7.64. The lowest BCUT2D eigenvalue weighted by Gasteiger charge is -2.43. The molecule has 0 bridgehead atoms. The maximum absolute atomic E-state index is 14.9. The first kappa shape index (κ1) is 30.9. The van der Waals surface area contributed by atoms with E-state index in [-0.39, 0.29) is 41.1 Å². The van der Waals surface area contributed by atoms with E-state index in [9.17, 15) is 28.1 Å². The summed E-state index contributed by atoms with van der Waals surface area (Å²) >= 11 is 0. The minimum atomic E-state index is -4.23. The molecule has 0 unspecified atom stereocenters. The van der Waals surface area contributed by atoms with Gasteiger partial charge >= 0.3 is 0 Å². The third-order valence-electron chi connectivity index (χ3n) is 8.87. The molecule has 1 spiro atoms. The Morgan fingerprint density at radius 2 is 1.54 bits per heavy atom. The number of hydrogen-bond acceptors (Lipinski definition) is 6. The van der Waals surface area contributed by atoms with Gasteiger partial charge in [-0.2, -0.15) is 0 Å². The van der Waals surface area contributed by atoms with Crippen LogP contribution in [0, 0.1) is 36.8 Å². The number of hydrogen-bond donors (Lipinski definition) is 0. The standard InChI is InChI=1S/C36H33N3O6S/c1-23-9-15-30(16-10-23)46(44,45)38-22-32(26(4)40)36(20-34(38)28-11-13-29(14-12-28)39(42)43)31-7-5-6-8-33(31)37(35(36)41)21-27-18-24(2)17-25(3)19-27/h5-20,32H,21-22H2,1-4H3/t32-,36+/m0/s1. The first-order valence-corrected chi connectivity index (χ1v) is 16.3. The molecule has 234 valence electrons. The van der Waals surface area contributed by atoms with Gasteiger partial charge in [0.2, 0.25) is 5.91 Å². The van der Waals surface area contributed by atoms with Crippen molar-refractivity contribution in [1.82, 2.24) is 4.31 Å². The molecule has 0 fully saturated rings. The molecule has 4 aromatic carbocycles. The molecule has 0 saturated carbocycles. The molecule has 0 saturated heterocycles. The van der Waals surface area contributed by atoms with Crippen molar-refractivity contribution in [2.45, 2.75) is 44.6 Å². The number of carbonyl (C=O) groups is 2. The first-order valence-electron chi connectivity index (χ1n) is 14.9. The van der Waals surface area contributed by atoms with Gasteiger partial charge in [0.15, 0.2) is 0 Å². The molecule has 0 aliphatic carbocycles. The maximum Gasteiger partial charge on any atom is 0.269 e. The number of sulfonamides is 1. The second-order valence-electron chi connectivity index (χ2n) is 12.1. The SMILES string of the molecule is CC(=O)[C@@H]1CN(S(=O)(=O)c2ccc(C)cc2)C(c2ccc([N+](=O)[O-])cc2)=C[C@]12C(=O)N(Cc1cc(C)cc(C)c1)c1ccccc12. The van der Waals surface area contributed by atoms with Crippen molar-refractivity contribution in [1.29, 1.82) is 0 Å². The zero-order valence-corrected chi connectivity index (χ0v) is 26.7. The summed E-state index contributed by atoms with van der Waals surface area (Å²) < 4.78 is 29.8. The van der Waals surface area contributed by atoms with Crippen molar-refractivity contribution in [3.05, 3.63) is 141 Å². The van der Waals surface area contributed by atoms with Crippen LogP contribution in [0.5, 0.6) is 0 Å². The predicted molar refractivity (Wildman–Crippen MR) is 176 cm³/mol. The van der Waals surface area contributed by atoms with Gasteiger partial charge in [0.05, 0.1) is 28.0 Å². The second kappa shape index (κ2) is 11.4. The molecule has 46 heavy (non-hydrogen) atoms. The number of benzene rings is 4. The molecule has 0 aromatic heterocycles. The number of fused-ring (bicyclic) bond motifs is 2. The second-order valence-corrected chi connectivity index (χ2v) is 14.0. The van der Waals surface area contributed by atoms with Crippen LogP contribution in [0.2, 0.25) is 0 Å². The highest BCUT2D eigenvalue weighted by atomic mass is 32.2. The van der Waals surface area contributed by atoms with Crippen LogP contribution in [-0.2, 0) is 31.6 Å². The molecule has 0 N–H and O–H groups in total. The minimum absolute atomic E-state index is 0.0266. The Bertz CT molecular complexity index is 2020. The van der Waals surface area contributed by atoms with Crippen LogP contribution in [0.25, 0.3) is 5.70 Å². The Morgan fingerprint density at radius 3 is 2.15 bits per heavy atom. The summed E-state index contributed by atoms with van der Waals surface area (Å²) in [5.74, 6) is -1.72. The van der Waals surface area contributed by atoms with E-state index in [0.29, 0.717) is 16.8 Å². The fourth-order valence-corrected chi connectivity index (χ4v) is 8.27. The predicted octanol–water partition coefficient (Wildman–Crippen LogP) is 6.26. The molecule has 2 aliphatic heterocycles. The van der Waals surface area contributed by atoms with Crippen molar-refractivity contribution in [3.8, 4) is 0 Å². The third kappa shape index (κ3) is 5.08. The van der Waals surface area contributed by atoms with E-state index in [4.69, 9.17) is 0 Å². The lowest BCUT2D eigenvalue weighted by Crippen LogP contribution is -2.54. The van der Waals surface area contributed by atoms with Crippen molar-refractivity contribution < 1.29 is 22.9 Å². The lowest BCUT2D eigenvalue weighted by molar-refractivity contribution is -0.384. The fraction of sp³-hybridized carbons (Fsp3) is 0.222. The highest BCUT2D eigenvalue weighted by molar-refractivity contribution is 7.89. The smallest absolute Gasteiger partial charge is 0.269 e. The molecule has 1 amide bonds. The fourth-order valence-electron chi connectivity index (χ4n) is 6.77. The summed E-state index contributed by atoms with van der Waals surface area (Å²) in [7, 11) is -4.23. The van der Waals surface area contributed by atoms with Crippen LogP contribution in [-0.4, -0.2) is 35.9 Å². The van der Waals surface area contributed by atoms with Crippen LogP contribution in [0.1, 0.15) is 40.3 Å². The molecule has 9 nitrogen and oxygen atoms in total. The highest BCUT2D eigenvalue weighted by Crippen LogP contribution is 2.53. The largest absolute Gasteiger partial charge is 0.307 e. The molecule has 0 radical (unpaired) electrons. The van der Waals surface area contributed by atoms with Gasteiger partial charge in [0.25, 0.3) is 15.7 Å². The van der Waals surface area contributed by atoms with E-state index in [0.717, 1.165) is 22.3 Å².